The molecule has 0 saturated heterocycles. The summed E-state index contributed by atoms with van der Waals surface area (Å²) in [6, 6.07) is 4.35. The monoisotopic (exact) mass is 337 g/mol. The maximum atomic E-state index is 13.4. The topological polar surface area (TPSA) is 65.9 Å². The molecule has 1 aliphatic carbocycles. The minimum Gasteiger partial charge on any atom is -0.505 e. The summed E-state index contributed by atoms with van der Waals surface area (Å²) >= 11 is 0. The lowest BCUT2D eigenvalue weighted by Crippen LogP contribution is -2.46. The minimum atomic E-state index is -0.617. The summed E-state index contributed by atoms with van der Waals surface area (Å²) in [6.07, 6.45) is 4.75. The number of hydrogen-bond donors (Lipinski definition) is 3. The lowest BCUT2D eigenvalue weighted by Gasteiger charge is -2.42. The Morgan fingerprint density at radius 2 is 2.17 bits per heavy atom. The van der Waals surface area contributed by atoms with Crippen LogP contribution >= 0.6 is 0 Å². The third kappa shape index (κ3) is 5.09. The van der Waals surface area contributed by atoms with Crippen LogP contribution in [0.1, 0.15) is 38.2 Å². The molecule has 1 saturated carbocycles. The van der Waals surface area contributed by atoms with Crippen LogP contribution in [-0.2, 0) is 11.3 Å². The molecule has 0 bridgehead atoms. The normalized spacial score (nSPS) is 16.5. The second kappa shape index (κ2) is 8.87. The number of nitrogens with one attached hydrogen (secondary N) is 2. The molecule has 0 atom stereocenters. The number of halogens is 1. The molecule has 5 nitrogen and oxygen atoms in total. The molecule has 0 aromatic heterocycles. The highest BCUT2D eigenvalue weighted by atomic mass is 19.1. The number of aromatic hydroxyl groups is 1. The van der Waals surface area contributed by atoms with Gasteiger partial charge in [0.25, 0.3) is 0 Å². The molecule has 0 radical (unpaired) electrons. The largest absolute Gasteiger partial charge is 0.505 e. The zero-order chi connectivity index (χ0) is 17.4. The second-order valence-corrected chi connectivity index (χ2v) is 6.43. The Hall–Kier alpha value is -1.82. The molecule has 1 fully saturated rings. The van der Waals surface area contributed by atoms with Gasteiger partial charge in [0, 0.05) is 26.8 Å². The fraction of sp³-hybridized carbons (Fsp3) is 0.611. The lowest BCUT2D eigenvalue weighted by molar-refractivity contribution is 0.0732. The average Bonchev–Trinajstić information content (AvgIpc) is 2.54. The average molecular weight is 337 g/mol. The molecule has 1 aliphatic rings. The highest BCUT2D eigenvalue weighted by Gasteiger charge is 2.36. The Labute approximate surface area is 143 Å². The summed E-state index contributed by atoms with van der Waals surface area (Å²) in [5, 5.41) is 15.9. The third-order valence-corrected chi connectivity index (χ3v) is 4.66. The molecule has 0 aliphatic heterocycles. The number of hydrogen-bond acceptors (Lipinski definition) is 3. The Kier molecular flexibility index (Phi) is 6.85. The molecule has 0 amide bonds. The zero-order valence-electron chi connectivity index (χ0n) is 14.6. The van der Waals surface area contributed by atoms with Crippen LogP contribution in [0.15, 0.2) is 23.2 Å². The summed E-state index contributed by atoms with van der Waals surface area (Å²) in [6.45, 7) is 4.79. The van der Waals surface area contributed by atoms with E-state index in [0.29, 0.717) is 12.0 Å². The standard InChI is InChI=1S/C18H28FN3O2/c1-3-20-17(21-12-14-5-6-16(23)15(19)11-14)22-13-18(7-4-8-18)9-10-24-2/h5-6,11,23H,3-4,7-10,12-13H2,1-2H3,(H2,20,21,22). The minimum absolute atomic E-state index is 0.302. The number of methoxy groups -OCH3 is 1. The van der Waals surface area contributed by atoms with Crippen LogP contribution in [-0.4, -0.2) is 37.9 Å². The fourth-order valence-electron chi connectivity index (χ4n) is 2.94. The van der Waals surface area contributed by atoms with Gasteiger partial charge in [-0.05, 0) is 49.3 Å². The molecule has 1 aromatic rings. The van der Waals surface area contributed by atoms with Crippen molar-refractivity contribution < 1.29 is 14.2 Å². The SMILES string of the molecule is CCNC(=NCc1ccc(O)c(F)c1)NCC1(CCOC)CCC1. The Bertz CT molecular complexity index is 559. The summed E-state index contributed by atoms with van der Waals surface area (Å²) in [5.74, 6) is -0.221. The number of aliphatic imine (C=N–C) groups is 1. The van der Waals surface area contributed by atoms with Crippen LogP contribution in [0, 0.1) is 11.2 Å². The molecule has 0 spiro atoms. The maximum absolute atomic E-state index is 13.4. The van der Waals surface area contributed by atoms with Gasteiger partial charge >= 0.3 is 0 Å². The van der Waals surface area contributed by atoms with Gasteiger partial charge in [-0.25, -0.2) is 9.38 Å². The van der Waals surface area contributed by atoms with Crippen LogP contribution in [0.2, 0.25) is 0 Å². The number of rotatable bonds is 8. The van der Waals surface area contributed by atoms with Crippen LogP contribution in [0.5, 0.6) is 5.75 Å². The summed E-state index contributed by atoms with van der Waals surface area (Å²) in [4.78, 5) is 4.51. The van der Waals surface area contributed by atoms with Crippen molar-refractivity contribution >= 4 is 5.96 Å². The van der Waals surface area contributed by atoms with Crippen LogP contribution in [0.3, 0.4) is 0 Å². The third-order valence-electron chi connectivity index (χ3n) is 4.66. The highest BCUT2D eigenvalue weighted by molar-refractivity contribution is 5.79. The molecule has 134 valence electrons. The van der Waals surface area contributed by atoms with Crippen LogP contribution in [0.4, 0.5) is 4.39 Å². The highest BCUT2D eigenvalue weighted by Crippen LogP contribution is 2.43. The van der Waals surface area contributed by atoms with E-state index in [4.69, 9.17) is 4.74 Å². The van der Waals surface area contributed by atoms with Crippen molar-refractivity contribution in [2.45, 2.75) is 39.2 Å². The summed E-state index contributed by atoms with van der Waals surface area (Å²) in [7, 11) is 1.74. The first-order chi connectivity index (χ1) is 11.6. The van der Waals surface area contributed by atoms with Crippen molar-refractivity contribution in [3.63, 3.8) is 0 Å². The molecular formula is C18H28FN3O2. The number of phenolic OH excluding ortho intramolecular Hbond substituents is 1. The molecule has 6 heteroatoms. The van der Waals surface area contributed by atoms with Crippen LogP contribution in [0.25, 0.3) is 0 Å². The number of nitrogens with zero attached hydrogens (tertiary/aromatic N) is 1. The second-order valence-electron chi connectivity index (χ2n) is 6.43. The lowest BCUT2D eigenvalue weighted by atomic mass is 9.67. The van der Waals surface area contributed by atoms with Gasteiger partial charge in [0.1, 0.15) is 0 Å². The molecule has 1 aromatic carbocycles. The van der Waals surface area contributed by atoms with E-state index < -0.39 is 5.82 Å². The molecular weight excluding hydrogens is 309 g/mol. The first-order valence-corrected chi connectivity index (χ1v) is 8.57. The number of phenols is 1. The van der Waals surface area contributed by atoms with Gasteiger partial charge < -0.3 is 20.5 Å². The predicted octanol–water partition coefficient (Wildman–Crippen LogP) is 2.79. The van der Waals surface area contributed by atoms with Gasteiger partial charge in [-0.3, -0.25) is 0 Å². The van der Waals surface area contributed by atoms with Gasteiger partial charge in [0.05, 0.1) is 6.54 Å². The maximum Gasteiger partial charge on any atom is 0.191 e. The van der Waals surface area contributed by atoms with E-state index in [-0.39, 0.29) is 5.75 Å². The first kappa shape index (κ1) is 18.5. The van der Waals surface area contributed by atoms with E-state index in [1.54, 1.807) is 13.2 Å². The summed E-state index contributed by atoms with van der Waals surface area (Å²) < 4.78 is 18.6. The van der Waals surface area contributed by atoms with E-state index in [0.717, 1.165) is 37.6 Å². The van der Waals surface area contributed by atoms with Crippen molar-refractivity contribution in [3.8, 4) is 5.75 Å². The van der Waals surface area contributed by atoms with Crippen molar-refractivity contribution in [1.82, 2.24) is 10.6 Å². The Morgan fingerprint density at radius 3 is 2.75 bits per heavy atom. The van der Waals surface area contributed by atoms with Gasteiger partial charge in [-0.1, -0.05) is 12.5 Å². The van der Waals surface area contributed by atoms with E-state index in [2.05, 4.69) is 15.6 Å². The smallest absolute Gasteiger partial charge is 0.191 e. The Balaban J connectivity index is 1.93. The van der Waals surface area contributed by atoms with Gasteiger partial charge in [0.2, 0.25) is 0 Å². The molecule has 0 heterocycles. The van der Waals surface area contributed by atoms with Gasteiger partial charge in [-0.2, -0.15) is 0 Å². The van der Waals surface area contributed by atoms with Crippen molar-refractivity contribution in [2.24, 2.45) is 10.4 Å². The van der Waals surface area contributed by atoms with Crippen molar-refractivity contribution in [3.05, 3.63) is 29.6 Å². The van der Waals surface area contributed by atoms with Gasteiger partial charge in [0.15, 0.2) is 17.5 Å². The summed E-state index contributed by atoms with van der Waals surface area (Å²) in [5.41, 5.74) is 1.02. The molecule has 2 rings (SSSR count). The van der Waals surface area contributed by atoms with E-state index >= 15 is 0 Å². The quantitative estimate of drug-likeness (QED) is 0.504. The van der Waals surface area contributed by atoms with Crippen molar-refractivity contribution in [2.75, 3.05) is 26.8 Å². The van der Waals surface area contributed by atoms with E-state index in [9.17, 15) is 9.50 Å². The molecule has 24 heavy (non-hydrogen) atoms. The fourth-order valence-corrected chi connectivity index (χ4v) is 2.94. The van der Waals surface area contributed by atoms with Gasteiger partial charge in [-0.15, -0.1) is 0 Å². The molecule has 0 unspecified atom stereocenters. The number of guanidine groups is 1. The van der Waals surface area contributed by atoms with Crippen LogP contribution < -0.4 is 10.6 Å². The zero-order valence-corrected chi connectivity index (χ0v) is 14.6. The van der Waals surface area contributed by atoms with E-state index in [1.165, 1.54) is 31.4 Å². The molecule has 3 N–H and O–H groups in total. The van der Waals surface area contributed by atoms with E-state index in [1.807, 2.05) is 6.92 Å². The predicted molar refractivity (Wildman–Crippen MR) is 93.7 cm³/mol. The van der Waals surface area contributed by atoms with Crippen molar-refractivity contribution in [1.29, 1.82) is 0 Å². The number of benzene rings is 1. The number of ether oxygens (including phenoxy) is 1. The Morgan fingerprint density at radius 1 is 1.38 bits per heavy atom. The first-order valence-electron chi connectivity index (χ1n) is 8.57.